The molecule has 0 saturated carbocycles. The molecule has 0 saturated heterocycles. The first-order valence-corrected chi connectivity index (χ1v) is 10.4. The van der Waals surface area contributed by atoms with Crippen molar-refractivity contribution in [1.82, 2.24) is 9.78 Å². The molecule has 0 aliphatic heterocycles. The van der Waals surface area contributed by atoms with Crippen molar-refractivity contribution in [2.24, 2.45) is 0 Å². The second-order valence-electron chi connectivity index (χ2n) is 6.46. The van der Waals surface area contributed by atoms with Crippen LogP contribution < -0.4 is 5.32 Å². The second kappa shape index (κ2) is 10.7. The van der Waals surface area contributed by atoms with Crippen LogP contribution >= 0.6 is 11.8 Å². The molecule has 6 heteroatoms. The fourth-order valence-electron chi connectivity index (χ4n) is 2.59. The maximum Gasteiger partial charge on any atom is 0.237 e. The molecule has 1 heterocycles. The molecule has 3 rings (SSSR count). The standard InChI is InChI=1S/C22H25N3O2S/c1-18(28-17-20-10-6-3-7-11-20)22(26)24-21-14-23-25(15-21)12-13-27-16-19-8-4-2-5-9-19/h2-11,14-15,18H,12-13,16-17H2,1H3,(H,24,26)/t18-/m0/s1. The molecule has 1 amide bonds. The zero-order valence-electron chi connectivity index (χ0n) is 16.0. The van der Waals surface area contributed by atoms with Crippen LogP contribution in [0, 0.1) is 0 Å². The van der Waals surface area contributed by atoms with Crippen molar-refractivity contribution in [1.29, 1.82) is 0 Å². The minimum Gasteiger partial charge on any atom is -0.375 e. The van der Waals surface area contributed by atoms with Crippen LogP contribution in [0.1, 0.15) is 18.1 Å². The molecule has 5 nitrogen and oxygen atoms in total. The molecule has 0 aliphatic rings. The third-order valence-corrected chi connectivity index (χ3v) is 5.40. The minimum atomic E-state index is -0.141. The van der Waals surface area contributed by atoms with Gasteiger partial charge in [-0.3, -0.25) is 9.48 Å². The van der Waals surface area contributed by atoms with Gasteiger partial charge in [0, 0.05) is 11.9 Å². The molecule has 3 aromatic rings. The maximum absolute atomic E-state index is 12.4. The van der Waals surface area contributed by atoms with Gasteiger partial charge in [0.2, 0.25) is 5.91 Å². The Kier molecular flexibility index (Phi) is 7.70. The molecule has 1 N–H and O–H groups in total. The molecule has 0 unspecified atom stereocenters. The number of ether oxygens (including phenoxy) is 1. The van der Waals surface area contributed by atoms with E-state index in [4.69, 9.17) is 4.74 Å². The van der Waals surface area contributed by atoms with Gasteiger partial charge >= 0.3 is 0 Å². The van der Waals surface area contributed by atoms with Gasteiger partial charge in [-0.25, -0.2) is 0 Å². The van der Waals surface area contributed by atoms with Crippen LogP contribution in [0.4, 0.5) is 5.69 Å². The highest BCUT2D eigenvalue weighted by molar-refractivity contribution is 7.99. The van der Waals surface area contributed by atoms with E-state index in [9.17, 15) is 4.79 Å². The molecule has 146 valence electrons. The lowest BCUT2D eigenvalue weighted by Gasteiger charge is -2.11. The molecule has 0 radical (unpaired) electrons. The lowest BCUT2D eigenvalue weighted by atomic mass is 10.2. The predicted octanol–water partition coefficient (Wildman–Crippen LogP) is 4.36. The van der Waals surface area contributed by atoms with Gasteiger partial charge in [0.15, 0.2) is 0 Å². The van der Waals surface area contributed by atoms with E-state index in [1.165, 1.54) is 5.56 Å². The predicted molar refractivity (Wildman–Crippen MR) is 114 cm³/mol. The Labute approximate surface area is 170 Å². The van der Waals surface area contributed by atoms with E-state index in [0.717, 1.165) is 11.3 Å². The molecule has 0 spiro atoms. The maximum atomic E-state index is 12.4. The summed E-state index contributed by atoms with van der Waals surface area (Å²) >= 11 is 1.62. The summed E-state index contributed by atoms with van der Waals surface area (Å²) in [6.07, 6.45) is 3.50. The van der Waals surface area contributed by atoms with Crippen molar-refractivity contribution in [2.75, 3.05) is 11.9 Å². The normalized spacial score (nSPS) is 11.9. The number of nitrogens with one attached hydrogen (secondary N) is 1. The SMILES string of the molecule is C[C@H](SCc1ccccc1)C(=O)Nc1cnn(CCOCc2ccccc2)c1. The average Bonchev–Trinajstić information content (AvgIpc) is 3.18. The van der Waals surface area contributed by atoms with E-state index in [2.05, 4.69) is 22.5 Å². The summed E-state index contributed by atoms with van der Waals surface area (Å²) < 4.78 is 7.45. The first kappa shape index (κ1) is 20.2. The number of amides is 1. The largest absolute Gasteiger partial charge is 0.375 e. The van der Waals surface area contributed by atoms with Crippen LogP contribution in [0.25, 0.3) is 0 Å². The monoisotopic (exact) mass is 395 g/mol. The van der Waals surface area contributed by atoms with E-state index in [0.29, 0.717) is 25.4 Å². The molecular formula is C22H25N3O2S. The number of hydrogen-bond donors (Lipinski definition) is 1. The van der Waals surface area contributed by atoms with E-state index in [1.54, 1.807) is 22.6 Å². The number of carbonyl (C=O) groups excluding carboxylic acids is 1. The highest BCUT2D eigenvalue weighted by Gasteiger charge is 2.14. The van der Waals surface area contributed by atoms with Crippen LogP contribution in [0.3, 0.4) is 0 Å². The third-order valence-electron chi connectivity index (χ3n) is 4.19. The molecule has 0 bridgehead atoms. The van der Waals surface area contributed by atoms with Crippen molar-refractivity contribution in [3.63, 3.8) is 0 Å². The summed E-state index contributed by atoms with van der Waals surface area (Å²) in [7, 11) is 0. The average molecular weight is 396 g/mol. The molecule has 1 atom stereocenters. The quantitative estimate of drug-likeness (QED) is 0.518. The number of hydrogen-bond acceptors (Lipinski definition) is 4. The van der Waals surface area contributed by atoms with Gasteiger partial charge in [0.05, 0.1) is 36.9 Å². The number of anilines is 1. The van der Waals surface area contributed by atoms with Crippen LogP contribution in [-0.2, 0) is 28.4 Å². The molecular weight excluding hydrogens is 370 g/mol. The minimum absolute atomic E-state index is 0.0131. The third kappa shape index (κ3) is 6.55. The molecule has 1 aromatic heterocycles. The van der Waals surface area contributed by atoms with Crippen molar-refractivity contribution in [3.05, 3.63) is 84.2 Å². The second-order valence-corrected chi connectivity index (χ2v) is 7.79. The number of thioether (sulfide) groups is 1. The summed E-state index contributed by atoms with van der Waals surface area (Å²) in [4.78, 5) is 12.4. The smallest absolute Gasteiger partial charge is 0.237 e. The van der Waals surface area contributed by atoms with Gasteiger partial charge in [0.25, 0.3) is 0 Å². The van der Waals surface area contributed by atoms with Crippen molar-refractivity contribution in [3.8, 4) is 0 Å². The summed E-state index contributed by atoms with van der Waals surface area (Å²) in [5.41, 5.74) is 3.08. The lowest BCUT2D eigenvalue weighted by molar-refractivity contribution is -0.115. The Morgan fingerprint density at radius 3 is 2.50 bits per heavy atom. The summed E-state index contributed by atoms with van der Waals surface area (Å²) in [6, 6.07) is 20.2. The highest BCUT2D eigenvalue weighted by atomic mass is 32.2. The van der Waals surface area contributed by atoms with E-state index >= 15 is 0 Å². The number of aromatic nitrogens is 2. The fourth-order valence-corrected chi connectivity index (χ4v) is 3.43. The Bertz CT molecular complexity index is 852. The van der Waals surface area contributed by atoms with Crippen LogP contribution in [0.15, 0.2) is 73.1 Å². The zero-order chi connectivity index (χ0) is 19.6. The van der Waals surface area contributed by atoms with Crippen LogP contribution in [-0.4, -0.2) is 27.5 Å². The highest BCUT2D eigenvalue weighted by Crippen LogP contribution is 2.19. The van der Waals surface area contributed by atoms with E-state index < -0.39 is 0 Å². The summed E-state index contributed by atoms with van der Waals surface area (Å²) in [5, 5.41) is 7.07. The Morgan fingerprint density at radius 2 is 1.79 bits per heavy atom. The first-order chi connectivity index (χ1) is 13.7. The topological polar surface area (TPSA) is 56.2 Å². The van der Waals surface area contributed by atoms with Gasteiger partial charge in [0.1, 0.15) is 0 Å². The van der Waals surface area contributed by atoms with Gasteiger partial charge in [-0.1, -0.05) is 60.7 Å². The number of nitrogens with zero attached hydrogens (tertiary/aromatic N) is 2. The van der Waals surface area contributed by atoms with Gasteiger partial charge < -0.3 is 10.1 Å². The Morgan fingerprint density at radius 1 is 1.11 bits per heavy atom. The van der Waals surface area contributed by atoms with E-state index in [-0.39, 0.29) is 11.2 Å². The van der Waals surface area contributed by atoms with Crippen molar-refractivity contribution >= 4 is 23.4 Å². The van der Waals surface area contributed by atoms with Crippen LogP contribution in [0.2, 0.25) is 0 Å². The first-order valence-electron chi connectivity index (χ1n) is 9.31. The Balaban J connectivity index is 1.37. The number of benzene rings is 2. The van der Waals surface area contributed by atoms with E-state index in [1.807, 2.05) is 61.7 Å². The van der Waals surface area contributed by atoms with Gasteiger partial charge in [-0.2, -0.15) is 5.10 Å². The van der Waals surface area contributed by atoms with Gasteiger partial charge in [-0.05, 0) is 18.1 Å². The molecule has 0 aliphatic carbocycles. The fraction of sp³-hybridized carbons (Fsp3) is 0.273. The van der Waals surface area contributed by atoms with Crippen LogP contribution in [0.5, 0.6) is 0 Å². The number of rotatable bonds is 10. The van der Waals surface area contributed by atoms with Gasteiger partial charge in [-0.15, -0.1) is 11.8 Å². The molecule has 28 heavy (non-hydrogen) atoms. The Hall–Kier alpha value is -2.57. The molecule has 2 aromatic carbocycles. The molecule has 0 fully saturated rings. The zero-order valence-corrected chi connectivity index (χ0v) is 16.8. The summed E-state index contributed by atoms with van der Waals surface area (Å²) in [5.74, 6) is 0.800. The summed E-state index contributed by atoms with van der Waals surface area (Å²) in [6.45, 7) is 3.71. The number of carbonyl (C=O) groups is 1. The van der Waals surface area contributed by atoms with Crippen molar-refractivity contribution < 1.29 is 9.53 Å². The lowest BCUT2D eigenvalue weighted by Crippen LogP contribution is -2.22. The van der Waals surface area contributed by atoms with Crippen molar-refractivity contribution in [2.45, 2.75) is 31.1 Å².